The lowest BCUT2D eigenvalue weighted by Gasteiger charge is -2.16. The average Bonchev–Trinajstić information content (AvgIpc) is 3.55. The molecule has 0 nitrogen and oxygen atoms in total. The van der Waals surface area contributed by atoms with Crippen molar-refractivity contribution in [1.29, 1.82) is 0 Å². The molecule has 4 unspecified atom stereocenters. The Morgan fingerprint density at radius 2 is 1.17 bits per heavy atom. The molecule has 4 atom stereocenters. The number of hydrogen-bond donors (Lipinski definition) is 0. The molecule has 29 heavy (non-hydrogen) atoms. The molecule has 170 valence electrons. The van der Waals surface area contributed by atoms with E-state index in [0.29, 0.717) is 0 Å². The summed E-state index contributed by atoms with van der Waals surface area (Å²) in [6, 6.07) is 0. The van der Waals surface area contributed by atoms with E-state index in [0.717, 1.165) is 21.0 Å². The highest BCUT2D eigenvalue weighted by Gasteiger charge is 2.23. The van der Waals surface area contributed by atoms with E-state index in [1.807, 2.05) is 0 Å². The van der Waals surface area contributed by atoms with Crippen LogP contribution in [0, 0.1) is 0 Å². The average molecular weight is 601 g/mol. The number of rotatable bonds is 22. The molecule has 0 bridgehead atoms. The summed E-state index contributed by atoms with van der Waals surface area (Å²) in [5.74, 6) is 16.4. The molecule has 0 aliphatic carbocycles. The standard InChI is InChI=1S/C18H32S11/c1(4-24-27-12-16-9-21-16)3-19-8-15(2-5-25-28-13-17-10-22-17)20-6-7-26-29-14-18-11-23-18/h15-18H,1-14H2. The molecular weight excluding hydrogens is 569 g/mol. The van der Waals surface area contributed by atoms with Crippen LogP contribution in [0.5, 0.6) is 0 Å². The summed E-state index contributed by atoms with van der Waals surface area (Å²) in [5.41, 5.74) is 0. The first-order chi connectivity index (χ1) is 14.4. The van der Waals surface area contributed by atoms with Gasteiger partial charge in [-0.25, -0.2) is 0 Å². The molecule has 3 rings (SSSR count). The van der Waals surface area contributed by atoms with Crippen molar-refractivity contribution in [1.82, 2.24) is 0 Å². The Hall–Kier alpha value is 3.85. The van der Waals surface area contributed by atoms with Gasteiger partial charge in [0.15, 0.2) is 0 Å². The van der Waals surface area contributed by atoms with E-state index in [9.17, 15) is 0 Å². The van der Waals surface area contributed by atoms with Crippen molar-refractivity contribution in [3.8, 4) is 0 Å². The molecule has 3 aliphatic heterocycles. The molecule has 0 aromatic heterocycles. The van der Waals surface area contributed by atoms with Crippen molar-refractivity contribution in [2.75, 3.05) is 69.0 Å². The first-order valence-corrected chi connectivity index (χ1v) is 23.0. The van der Waals surface area contributed by atoms with Gasteiger partial charge in [-0.1, -0.05) is 64.8 Å². The fourth-order valence-electron chi connectivity index (χ4n) is 2.12. The van der Waals surface area contributed by atoms with Crippen LogP contribution in [0.25, 0.3) is 0 Å². The molecule has 11 heteroatoms. The zero-order valence-electron chi connectivity index (χ0n) is 16.7. The predicted molar refractivity (Wildman–Crippen MR) is 166 cm³/mol. The second kappa shape index (κ2) is 18.2. The highest BCUT2D eigenvalue weighted by Crippen LogP contribution is 2.39. The van der Waals surface area contributed by atoms with Gasteiger partial charge in [-0.3, -0.25) is 0 Å². The second-order valence-corrected chi connectivity index (χ2v) is 21.3. The minimum absolute atomic E-state index is 0.863. The molecule has 0 amide bonds. The van der Waals surface area contributed by atoms with Crippen LogP contribution in [0.1, 0.15) is 12.8 Å². The Bertz CT molecular complexity index is 401. The lowest BCUT2D eigenvalue weighted by molar-refractivity contribution is 0.928. The van der Waals surface area contributed by atoms with Gasteiger partial charge in [0.1, 0.15) is 0 Å². The maximum atomic E-state index is 2.26. The molecule has 3 heterocycles. The van der Waals surface area contributed by atoms with Gasteiger partial charge in [0.2, 0.25) is 0 Å². The lowest BCUT2D eigenvalue weighted by atomic mass is 10.4. The van der Waals surface area contributed by atoms with Gasteiger partial charge in [-0.2, -0.15) is 58.8 Å². The van der Waals surface area contributed by atoms with Crippen molar-refractivity contribution < 1.29 is 0 Å². The monoisotopic (exact) mass is 600 g/mol. The molecule has 0 radical (unpaired) electrons. The fourth-order valence-corrected chi connectivity index (χ4v) is 15.8. The third-order valence-electron chi connectivity index (χ3n) is 4.08. The van der Waals surface area contributed by atoms with Crippen molar-refractivity contribution >= 4 is 124 Å². The SMILES string of the molecule is C(CSCC(CCSSCC1CS1)SCCSSCC1CS1)CSSCC1CS1. The van der Waals surface area contributed by atoms with E-state index >= 15 is 0 Å². The van der Waals surface area contributed by atoms with E-state index in [1.54, 1.807) is 0 Å². The summed E-state index contributed by atoms with van der Waals surface area (Å²) in [4.78, 5) is 0. The Morgan fingerprint density at radius 3 is 1.76 bits per heavy atom. The van der Waals surface area contributed by atoms with Gasteiger partial charge in [0, 0.05) is 84.3 Å². The highest BCUT2D eigenvalue weighted by molar-refractivity contribution is 8.77. The van der Waals surface area contributed by atoms with Crippen LogP contribution in [0.4, 0.5) is 0 Å². The third-order valence-corrected chi connectivity index (χ3v) is 18.2. The third kappa shape index (κ3) is 17.0. The summed E-state index contributed by atoms with van der Waals surface area (Å²) in [6.07, 6.45) is 2.78. The highest BCUT2D eigenvalue weighted by atomic mass is 33.1. The first-order valence-electron chi connectivity index (χ1n) is 10.2. The van der Waals surface area contributed by atoms with Crippen molar-refractivity contribution in [3.63, 3.8) is 0 Å². The second-order valence-electron chi connectivity index (χ2n) is 6.90. The minimum atomic E-state index is 0.863. The summed E-state index contributed by atoms with van der Waals surface area (Å²) in [6.45, 7) is 0. The topological polar surface area (TPSA) is 0 Å². The fraction of sp³-hybridized carbons (Fsp3) is 1.00. The van der Waals surface area contributed by atoms with E-state index < -0.39 is 0 Å². The van der Waals surface area contributed by atoms with E-state index in [4.69, 9.17) is 0 Å². The molecular formula is C18H32S11. The maximum Gasteiger partial charge on any atom is 0.0237 e. The van der Waals surface area contributed by atoms with Crippen molar-refractivity contribution in [2.24, 2.45) is 0 Å². The van der Waals surface area contributed by atoms with Gasteiger partial charge < -0.3 is 0 Å². The van der Waals surface area contributed by atoms with E-state index in [2.05, 4.69) is 124 Å². The maximum absolute atomic E-state index is 2.26. The predicted octanol–water partition coefficient (Wildman–Crippen LogP) is 8.09. The Labute approximate surface area is 223 Å². The Balaban J connectivity index is 1.15. The van der Waals surface area contributed by atoms with Crippen LogP contribution in [0.2, 0.25) is 0 Å². The van der Waals surface area contributed by atoms with Gasteiger partial charge in [0.05, 0.1) is 0 Å². The Kier molecular flexibility index (Phi) is 17.2. The van der Waals surface area contributed by atoms with Crippen LogP contribution < -0.4 is 0 Å². The summed E-state index contributed by atoms with van der Waals surface area (Å²) in [5, 5.41) is 3.82. The zero-order valence-corrected chi connectivity index (χ0v) is 25.7. The van der Waals surface area contributed by atoms with Crippen LogP contribution in [0.15, 0.2) is 0 Å². The summed E-state index contributed by atoms with van der Waals surface area (Å²) >= 11 is 10.8. The van der Waals surface area contributed by atoms with Crippen LogP contribution in [-0.2, 0) is 0 Å². The molecule has 0 spiro atoms. The molecule has 0 saturated carbocycles. The molecule has 0 aromatic carbocycles. The van der Waals surface area contributed by atoms with Gasteiger partial charge in [-0.15, -0.1) is 0 Å². The molecule has 3 aliphatic rings. The molecule has 0 aromatic rings. The van der Waals surface area contributed by atoms with Gasteiger partial charge in [-0.05, 0) is 18.6 Å². The zero-order chi connectivity index (χ0) is 20.0. The first kappa shape index (κ1) is 27.4. The Morgan fingerprint density at radius 1 is 0.621 bits per heavy atom. The number of hydrogen-bond acceptors (Lipinski definition) is 11. The van der Waals surface area contributed by atoms with Crippen LogP contribution in [0.3, 0.4) is 0 Å². The van der Waals surface area contributed by atoms with E-state index in [-0.39, 0.29) is 0 Å². The number of thioether (sulfide) groups is 5. The van der Waals surface area contributed by atoms with E-state index in [1.165, 1.54) is 81.9 Å². The molecule has 3 saturated heterocycles. The summed E-state index contributed by atoms with van der Waals surface area (Å²) in [7, 11) is 12.7. The summed E-state index contributed by atoms with van der Waals surface area (Å²) < 4.78 is 0. The van der Waals surface area contributed by atoms with Crippen LogP contribution >= 0.6 is 124 Å². The quantitative estimate of drug-likeness (QED) is 0.0672. The van der Waals surface area contributed by atoms with Crippen molar-refractivity contribution in [3.05, 3.63) is 0 Å². The normalized spacial score (nSPS) is 25.9. The molecule has 3 fully saturated rings. The smallest absolute Gasteiger partial charge is 0.0237 e. The van der Waals surface area contributed by atoms with Crippen molar-refractivity contribution in [2.45, 2.75) is 33.8 Å². The van der Waals surface area contributed by atoms with Gasteiger partial charge in [0.25, 0.3) is 0 Å². The largest absolute Gasteiger partial charge is 0.161 e. The lowest BCUT2D eigenvalue weighted by Crippen LogP contribution is -2.10. The van der Waals surface area contributed by atoms with Gasteiger partial charge >= 0.3 is 0 Å². The molecule has 0 N–H and O–H groups in total. The minimum Gasteiger partial charge on any atom is -0.161 e. The van der Waals surface area contributed by atoms with Crippen LogP contribution in [-0.4, -0.2) is 90.0 Å².